The van der Waals surface area contributed by atoms with Crippen LogP contribution in [-0.2, 0) is 32.2 Å². The molecule has 2 heterocycles. The van der Waals surface area contributed by atoms with Gasteiger partial charge in [0, 0.05) is 6.20 Å². The summed E-state index contributed by atoms with van der Waals surface area (Å²) in [5.41, 5.74) is 6.24. The van der Waals surface area contributed by atoms with Crippen LogP contribution in [0.5, 0.6) is 0 Å². The molecule has 1 saturated heterocycles. The number of ether oxygens (including phenoxy) is 4. The van der Waals surface area contributed by atoms with Crippen molar-refractivity contribution in [2.75, 3.05) is 12.3 Å². The van der Waals surface area contributed by atoms with Gasteiger partial charge in [0.05, 0.1) is 5.25 Å². The lowest BCUT2D eigenvalue weighted by Gasteiger charge is -2.20. The summed E-state index contributed by atoms with van der Waals surface area (Å²) in [5, 5.41) is -1.97. The van der Waals surface area contributed by atoms with Crippen LogP contribution in [0.25, 0.3) is 0 Å². The average Bonchev–Trinajstić information content (AvgIpc) is 3.20. The molecular weight excluding hydrogens is 505 g/mol. The van der Waals surface area contributed by atoms with Crippen LogP contribution in [0.2, 0.25) is 0 Å². The molecule has 1 aliphatic heterocycles. The molecule has 12 heteroatoms. The SMILES string of the molecule is Nc1ccn(C2S[C@H](COC(=O)OCc3ccccc3)[C@@H](OC(=O)OCc3ccccc3)[C@@H]2F)c(=O)n1. The van der Waals surface area contributed by atoms with Crippen molar-refractivity contribution in [1.29, 1.82) is 0 Å². The number of benzene rings is 2. The van der Waals surface area contributed by atoms with E-state index in [0.29, 0.717) is 0 Å². The first-order chi connectivity index (χ1) is 17.9. The second-order valence-electron chi connectivity index (χ2n) is 7.99. The van der Waals surface area contributed by atoms with Crippen molar-refractivity contribution >= 4 is 29.9 Å². The van der Waals surface area contributed by atoms with Gasteiger partial charge in [-0.1, -0.05) is 60.7 Å². The largest absolute Gasteiger partial charge is 0.509 e. The zero-order chi connectivity index (χ0) is 26.2. The maximum Gasteiger partial charge on any atom is 0.509 e. The Morgan fingerprint density at radius 1 is 0.919 bits per heavy atom. The smallest absolute Gasteiger partial charge is 0.433 e. The highest BCUT2D eigenvalue weighted by Gasteiger charge is 2.49. The summed E-state index contributed by atoms with van der Waals surface area (Å²) >= 11 is 0.954. The Bertz CT molecular complexity index is 1260. The van der Waals surface area contributed by atoms with Crippen molar-refractivity contribution < 1.29 is 32.9 Å². The van der Waals surface area contributed by atoms with Gasteiger partial charge in [-0.05, 0) is 17.2 Å². The Labute approximate surface area is 215 Å². The lowest BCUT2D eigenvalue weighted by atomic mass is 10.1. The minimum Gasteiger partial charge on any atom is -0.433 e. The molecule has 37 heavy (non-hydrogen) atoms. The van der Waals surface area contributed by atoms with Crippen molar-refractivity contribution in [3.8, 4) is 0 Å². The highest BCUT2D eigenvalue weighted by molar-refractivity contribution is 8.00. The molecule has 4 atom stereocenters. The number of hydrogen-bond acceptors (Lipinski definition) is 10. The summed E-state index contributed by atoms with van der Waals surface area (Å²) < 4.78 is 37.2. The normalized spacial score (nSPS) is 20.7. The molecule has 194 valence electrons. The van der Waals surface area contributed by atoms with Crippen molar-refractivity contribution in [2.45, 2.75) is 36.1 Å². The molecule has 0 radical (unpaired) electrons. The van der Waals surface area contributed by atoms with E-state index in [2.05, 4.69) is 4.98 Å². The van der Waals surface area contributed by atoms with E-state index in [1.807, 2.05) is 12.1 Å². The van der Waals surface area contributed by atoms with Crippen LogP contribution in [0.15, 0.2) is 77.7 Å². The van der Waals surface area contributed by atoms with Crippen LogP contribution in [0.3, 0.4) is 0 Å². The van der Waals surface area contributed by atoms with Gasteiger partial charge in [-0.25, -0.2) is 18.8 Å². The summed E-state index contributed by atoms with van der Waals surface area (Å²) in [5.74, 6) is -0.0158. The van der Waals surface area contributed by atoms with Gasteiger partial charge in [0.25, 0.3) is 0 Å². The van der Waals surface area contributed by atoms with Crippen LogP contribution in [0.4, 0.5) is 19.8 Å². The second-order valence-corrected chi connectivity index (χ2v) is 9.35. The van der Waals surface area contributed by atoms with Crippen molar-refractivity contribution in [3.63, 3.8) is 0 Å². The molecule has 4 rings (SSSR count). The van der Waals surface area contributed by atoms with Gasteiger partial charge in [-0.3, -0.25) is 4.57 Å². The number of rotatable bonds is 8. The monoisotopic (exact) mass is 529 g/mol. The van der Waals surface area contributed by atoms with E-state index in [0.717, 1.165) is 27.5 Å². The quantitative estimate of drug-likeness (QED) is 0.429. The summed E-state index contributed by atoms with van der Waals surface area (Å²) in [6.45, 7) is -0.429. The standard InChI is InChI=1S/C25H24FN3O7S/c26-20-21(36-25(32)34-14-17-9-5-2-6-10-17)18(37-22(20)29-12-11-19(27)28-23(29)30)15-35-24(31)33-13-16-7-3-1-4-8-16/h1-12,18,20-22H,13-15H2,(H2,27,28,30)/t18-,20+,21-,22?/m1/s1. The van der Waals surface area contributed by atoms with Crippen LogP contribution >= 0.6 is 11.8 Å². The molecule has 2 aromatic carbocycles. The van der Waals surface area contributed by atoms with Gasteiger partial charge >= 0.3 is 18.0 Å². The van der Waals surface area contributed by atoms with Gasteiger partial charge < -0.3 is 24.7 Å². The highest BCUT2D eigenvalue weighted by Crippen LogP contribution is 2.44. The first-order valence-corrected chi connectivity index (χ1v) is 12.2. The molecular formula is C25H24FN3O7S. The molecule has 0 bridgehead atoms. The number of hydrogen-bond donors (Lipinski definition) is 1. The maximum atomic E-state index is 15.5. The summed E-state index contributed by atoms with van der Waals surface area (Å²) in [6.07, 6.45) is -4.00. The van der Waals surface area contributed by atoms with Crippen molar-refractivity contribution in [2.24, 2.45) is 0 Å². The zero-order valence-corrected chi connectivity index (χ0v) is 20.3. The van der Waals surface area contributed by atoms with E-state index in [4.69, 9.17) is 24.7 Å². The summed E-state index contributed by atoms with van der Waals surface area (Å²) in [7, 11) is 0. The van der Waals surface area contributed by atoms with E-state index >= 15 is 4.39 Å². The number of aromatic nitrogens is 2. The van der Waals surface area contributed by atoms with Crippen LogP contribution < -0.4 is 11.4 Å². The first-order valence-electron chi connectivity index (χ1n) is 11.3. The number of thioether (sulfide) groups is 1. The topological polar surface area (TPSA) is 132 Å². The van der Waals surface area contributed by atoms with Gasteiger partial charge in [0.2, 0.25) is 0 Å². The van der Waals surface area contributed by atoms with Crippen LogP contribution in [-0.4, -0.2) is 46.0 Å². The Hall–Kier alpha value is -4.06. The maximum absolute atomic E-state index is 15.5. The van der Waals surface area contributed by atoms with E-state index < -0.39 is 40.9 Å². The first kappa shape index (κ1) is 26.0. The van der Waals surface area contributed by atoms with E-state index in [1.54, 1.807) is 48.5 Å². The molecule has 1 unspecified atom stereocenters. The predicted octanol–water partition coefficient (Wildman–Crippen LogP) is 3.85. The van der Waals surface area contributed by atoms with Crippen molar-refractivity contribution in [1.82, 2.24) is 9.55 Å². The number of nitrogens with zero attached hydrogens (tertiary/aromatic N) is 2. The number of nitrogen functional groups attached to an aromatic ring is 1. The third-order valence-corrected chi connectivity index (χ3v) is 6.91. The molecule has 2 N–H and O–H groups in total. The van der Waals surface area contributed by atoms with E-state index in [1.165, 1.54) is 12.3 Å². The number of alkyl halides is 1. The summed E-state index contributed by atoms with van der Waals surface area (Å²) in [4.78, 5) is 40.4. The molecule has 1 aliphatic rings. The predicted molar refractivity (Wildman–Crippen MR) is 132 cm³/mol. The molecule has 3 aromatic rings. The number of carbonyl (C=O) groups excluding carboxylic acids is 2. The highest BCUT2D eigenvalue weighted by atomic mass is 32.2. The molecule has 1 aromatic heterocycles. The Morgan fingerprint density at radius 3 is 2.11 bits per heavy atom. The number of carbonyl (C=O) groups is 2. The fraction of sp³-hybridized carbons (Fsp3) is 0.280. The van der Waals surface area contributed by atoms with Gasteiger partial charge in [0.15, 0.2) is 12.3 Å². The van der Waals surface area contributed by atoms with Gasteiger partial charge in [-0.2, -0.15) is 4.98 Å². The Kier molecular flexibility index (Phi) is 8.62. The van der Waals surface area contributed by atoms with Crippen LogP contribution in [0.1, 0.15) is 16.5 Å². The molecule has 0 saturated carbocycles. The third-order valence-electron chi connectivity index (χ3n) is 5.39. The molecule has 0 spiro atoms. The van der Waals surface area contributed by atoms with Gasteiger partial charge in [-0.15, -0.1) is 11.8 Å². The van der Waals surface area contributed by atoms with E-state index in [-0.39, 0.29) is 25.6 Å². The Balaban J connectivity index is 1.41. The Morgan fingerprint density at radius 2 is 1.51 bits per heavy atom. The zero-order valence-electron chi connectivity index (χ0n) is 19.5. The number of nitrogens with two attached hydrogens (primary N) is 1. The van der Waals surface area contributed by atoms with Gasteiger partial charge in [0.1, 0.15) is 31.0 Å². The molecule has 10 nitrogen and oxygen atoms in total. The number of halogens is 1. The van der Waals surface area contributed by atoms with Crippen LogP contribution in [0, 0.1) is 0 Å². The van der Waals surface area contributed by atoms with Crippen molar-refractivity contribution in [3.05, 3.63) is 94.5 Å². The minimum absolute atomic E-state index is 0.00984. The third kappa shape index (κ3) is 7.00. The average molecular weight is 530 g/mol. The molecule has 1 fully saturated rings. The lowest BCUT2D eigenvalue weighted by Crippen LogP contribution is -2.37. The fourth-order valence-corrected chi connectivity index (χ4v) is 5.04. The molecule has 0 aliphatic carbocycles. The number of anilines is 1. The second kappa shape index (κ2) is 12.3. The minimum atomic E-state index is -1.84. The van der Waals surface area contributed by atoms with E-state index in [9.17, 15) is 14.4 Å². The summed E-state index contributed by atoms with van der Waals surface area (Å²) in [6, 6.07) is 19.2. The fourth-order valence-electron chi connectivity index (χ4n) is 3.58. The molecule has 0 amide bonds. The lowest BCUT2D eigenvalue weighted by molar-refractivity contribution is -0.0185.